The molecule has 0 radical (unpaired) electrons. The second-order valence-electron chi connectivity index (χ2n) is 6.97. The van der Waals surface area contributed by atoms with Crippen LogP contribution in [0.5, 0.6) is 11.5 Å². The summed E-state index contributed by atoms with van der Waals surface area (Å²) in [6, 6.07) is 10.2. The standard InChI is InChI=1S/C22H24F2N4O3S/c1-5-19(21(29)25-18-10-9-14(23)11-17(18)24)32-22-27-26-20(28(22)3)13(2)31-16-8-6-7-15(12-16)30-4/h6-13,19H,5H2,1-4H3,(H,25,29). The lowest BCUT2D eigenvalue weighted by Gasteiger charge is -2.16. The maximum Gasteiger partial charge on any atom is 0.238 e. The first-order chi connectivity index (χ1) is 15.3. The monoisotopic (exact) mass is 462 g/mol. The Bertz CT molecular complexity index is 1090. The fourth-order valence-electron chi connectivity index (χ4n) is 2.97. The lowest BCUT2D eigenvalue weighted by molar-refractivity contribution is -0.115. The number of rotatable bonds is 9. The molecule has 170 valence electrons. The minimum Gasteiger partial charge on any atom is -0.497 e. The molecule has 0 aliphatic heterocycles. The van der Waals surface area contributed by atoms with Gasteiger partial charge in [-0.15, -0.1) is 10.2 Å². The van der Waals surface area contributed by atoms with E-state index in [1.54, 1.807) is 24.8 Å². The van der Waals surface area contributed by atoms with Crippen molar-refractivity contribution in [2.45, 2.75) is 36.8 Å². The Hall–Kier alpha value is -3.14. The van der Waals surface area contributed by atoms with E-state index in [9.17, 15) is 13.6 Å². The van der Waals surface area contributed by atoms with Crippen molar-refractivity contribution in [2.75, 3.05) is 12.4 Å². The second-order valence-corrected chi connectivity index (χ2v) is 8.14. The first-order valence-corrected chi connectivity index (χ1v) is 10.8. The largest absolute Gasteiger partial charge is 0.497 e. The molecule has 1 amide bonds. The molecule has 1 N–H and O–H groups in total. The summed E-state index contributed by atoms with van der Waals surface area (Å²) in [4.78, 5) is 12.7. The van der Waals surface area contributed by atoms with Gasteiger partial charge in [0.25, 0.3) is 0 Å². The van der Waals surface area contributed by atoms with Gasteiger partial charge in [-0.3, -0.25) is 4.79 Å². The van der Waals surface area contributed by atoms with E-state index in [2.05, 4.69) is 15.5 Å². The van der Waals surface area contributed by atoms with Gasteiger partial charge in [0, 0.05) is 19.2 Å². The minimum absolute atomic E-state index is 0.0746. The maximum atomic E-state index is 13.9. The number of amides is 1. The smallest absolute Gasteiger partial charge is 0.238 e. The Balaban J connectivity index is 1.69. The maximum absolute atomic E-state index is 13.9. The summed E-state index contributed by atoms with van der Waals surface area (Å²) in [6.07, 6.45) is 0.0633. The average Bonchev–Trinajstić information content (AvgIpc) is 3.14. The van der Waals surface area contributed by atoms with E-state index in [0.29, 0.717) is 28.9 Å². The fraction of sp³-hybridized carbons (Fsp3) is 0.318. The number of hydrogen-bond donors (Lipinski definition) is 1. The molecule has 7 nitrogen and oxygen atoms in total. The highest BCUT2D eigenvalue weighted by Crippen LogP contribution is 2.29. The van der Waals surface area contributed by atoms with Crippen molar-refractivity contribution in [1.29, 1.82) is 0 Å². The van der Waals surface area contributed by atoms with Crippen molar-refractivity contribution in [3.05, 3.63) is 59.9 Å². The number of anilines is 1. The van der Waals surface area contributed by atoms with Crippen LogP contribution >= 0.6 is 11.8 Å². The zero-order valence-corrected chi connectivity index (χ0v) is 19.0. The highest BCUT2D eigenvalue weighted by molar-refractivity contribution is 8.00. The van der Waals surface area contributed by atoms with Crippen molar-refractivity contribution in [2.24, 2.45) is 7.05 Å². The van der Waals surface area contributed by atoms with Gasteiger partial charge in [-0.2, -0.15) is 0 Å². The number of ether oxygens (including phenoxy) is 2. The van der Waals surface area contributed by atoms with Crippen LogP contribution in [0.15, 0.2) is 47.6 Å². The first kappa shape index (κ1) is 23.5. The van der Waals surface area contributed by atoms with Crippen molar-refractivity contribution >= 4 is 23.4 Å². The molecule has 10 heteroatoms. The molecule has 32 heavy (non-hydrogen) atoms. The highest BCUT2D eigenvalue weighted by Gasteiger charge is 2.24. The van der Waals surface area contributed by atoms with E-state index in [4.69, 9.17) is 9.47 Å². The summed E-state index contributed by atoms with van der Waals surface area (Å²) in [5, 5.41) is 10.9. The summed E-state index contributed by atoms with van der Waals surface area (Å²) in [5.41, 5.74) is -0.0746. The van der Waals surface area contributed by atoms with Gasteiger partial charge in [0.2, 0.25) is 5.91 Å². The molecule has 3 rings (SSSR count). The van der Waals surface area contributed by atoms with Crippen LogP contribution in [0.2, 0.25) is 0 Å². The molecule has 2 atom stereocenters. The molecule has 2 unspecified atom stereocenters. The first-order valence-electron chi connectivity index (χ1n) is 9.95. The molecule has 0 saturated heterocycles. The number of aromatic nitrogens is 3. The highest BCUT2D eigenvalue weighted by atomic mass is 32.2. The number of hydrogen-bond acceptors (Lipinski definition) is 6. The van der Waals surface area contributed by atoms with Gasteiger partial charge in [0.15, 0.2) is 17.1 Å². The number of benzene rings is 2. The Morgan fingerprint density at radius 3 is 2.62 bits per heavy atom. The van der Waals surface area contributed by atoms with Crippen molar-refractivity contribution in [1.82, 2.24) is 14.8 Å². The van der Waals surface area contributed by atoms with Crippen LogP contribution in [-0.4, -0.2) is 33.0 Å². The number of carbonyl (C=O) groups is 1. The number of thioether (sulfide) groups is 1. The number of nitrogens with one attached hydrogen (secondary N) is 1. The third kappa shape index (κ3) is 5.56. The molecule has 0 aliphatic rings. The fourth-order valence-corrected chi connectivity index (χ4v) is 3.89. The molecule has 2 aromatic carbocycles. The molecule has 0 spiro atoms. The number of nitrogens with zero attached hydrogens (tertiary/aromatic N) is 3. The van der Waals surface area contributed by atoms with Crippen LogP contribution in [0.25, 0.3) is 0 Å². The van der Waals surface area contributed by atoms with Gasteiger partial charge < -0.3 is 19.4 Å². The Kier molecular flexibility index (Phi) is 7.68. The summed E-state index contributed by atoms with van der Waals surface area (Å²) in [7, 11) is 3.37. The third-order valence-corrected chi connectivity index (χ3v) is 6.08. The zero-order valence-electron chi connectivity index (χ0n) is 18.1. The van der Waals surface area contributed by atoms with E-state index in [1.807, 2.05) is 32.0 Å². The predicted molar refractivity (Wildman–Crippen MR) is 118 cm³/mol. The molecule has 0 fully saturated rings. The van der Waals surface area contributed by atoms with E-state index in [-0.39, 0.29) is 5.69 Å². The van der Waals surface area contributed by atoms with Gasteiger partial charge >= 0.3 is 0 Å². The van der Waals surface area contributed by atoms with E-state index >= 15 is 0 Å². The van der Waals surface area contributed by atoms with Crippen LogP contribution in [0.3, 0.4) is 0 Å². The lowest BCUT2D eigenvalue weighted by atomic mass is 10.2. The van der Waals surface area contributed by atoms with Gasteiger partial charge in [0.05, 0.1) is 18.0 Å². The van der Waals surface area contributed by atoms with Crippen LogP contribution < -0.4 is 14.8 Å². The Labute approximate surface area is 189 Å². The number of halogens is 2. The molecule has 0 saturated carbocycles. The second kappa shape index (κ2) is 10.4. The Morgan fingerprint density at radius 1 is 1.19 bits per heavy atom. The van der Waals surface area contributed by atoms with E-state index < -0.39 is 28.9 Å². The van der Waals surface area contributed by atoms with Crippen molar-refractivity contribution in [3.63, 3.8) is 0 Å². The average molecular weight is 463 g/mol. The number of methoxy groups -OCH3 is 1. The van der Waals surface area contributed by atoms with Crippen LogP contribution in [0.1, 0.15) is 32.2 Å². The molecule has 1 heterocycles. The topological polar surface area (TPSA) is 78.3 Å². The predicted octanol–water partition coefficient (Wildman–Crippen LogP) is 4.75. The SMILES string of the molecule is CCC(Sc1nnc(C(C)Oc2cccc(OC)c2)n1C)C(=O)Nc1ccc(F)cc1F. The van der Waals surface area contributed by atoms with Gasteiger partial charge in [-0.1, -0.05) is 24.8 Å². The van der Waals surface area contributed by atoms with Crippen molar-refractivity contribution in [3.8, 4) is 11.5 Å². The lowest BCUT2D eigenvalue weighted by Crippen LogP contribution is -2.25. The normalized spacial score (nSPS) is 12.8. The zero-order chi connectivity index (χ0) is 23.3. The summed E-state index contributed by atoms with van der Waals surface area (Å²) < 4.78 is 39.9. The molecule has 0 bridgehead atoms. The quantitative estimate of drug-likeness (QED) is 0.463. The molecular weight excluding hydrogens is 438 g/mol. The van der Waals surface area contributed by atoms with Crippen molar-refractivity contribution < 1.29 is 23.0 Å². The molecule has 3 aromatic rings. The summed E-state index contributed by atoms with van der Waals surface area (Å²) >= 11 is 1.21. The minimum atomic E-state index is -0.831. The van der Waals surface area contributed by atoms with Crippen LogP contribution in [-0.2, 0) is 11.8 Å². The molecule has 0 aliphatic carbocycles. The van der Waals surface area contributed by atoms with Crippen LogP contribution in [0, 0.1) is 11.6 Å². The Morgan fingerprint density at radius 2 is 1.94 bits per heavy atom. The van der Waals surface area contributed by atoms with Gasteiger partial charge in [0.1, 0.15) is 23.1 Å². The van der Waals surface area contributed by atoms with Gasteiger partial charge in [-0.05, 0) is 37.6 Å². The summed E-state index contributed by atoms with van der Waals surface area (Å²) in [6.45, 7) is 3.68. The molecule has 1 aromatic heterocycles. The van der Waals surface area contributed by atoms with E-state index in [0.717, 1.165) is 12.1 Å². The molecular formula is C22H24F2N4O3S. The third-order valence-electron chi connectivity index (χ3n) is 4.69. The van der Waals surface area contributed by atoms with E-state index in [1.165, 1.54) is 17.8 Å². The van der Waals surface area contributed by atoms with Crippen LogP contribution in [0.4, 0.5) is 14.5 Å². The number of carbonyl (C=O) groups excluding carboxylic acids is 1. The summed E-state index contributed by atoms with van der Waals surface area (Å²) in [5.74, 6) is -0.0654. The van der Waals surface area contributed by atoms with Gasteiger partial charge in [-0.25, -0.2) is 8.78 Å².